The second-order valence-electron chi connectivity index (χ2n) is 6.84. The van der Waals surface area contributed by atoms with Gasteiger partial charge in [0.25, 0.3) is 0 Å². The largest absolute Gasteiger partial charge is 0.338 e. The first-order valence-electron chi connectivity index (χ1n) is 8.91. The summed E-state index contributed by atoms with van der Waals surface area (Å²) in [4.78, 5) is 19.4. The predicted octanol–water partition coefficient (Wildman–Crippen LogP) is 2.50. The molecule has 2 aliphatic heterocycles. The molecule has 4 rings (SSSR count). The van der Waals surface area contributed by atoms with Crippen LogP contribution in [0, 0.1) is 0 Å². The highest BCUT2D eigenvalue weighted by molar-refractivity contribution is 5.85. The third kappa shape index (κ3) is 3.92. The zero-order valence-electron chi connectivity index (χ0n) is 15.0. The number of rotatable bonds is 3. The molecule has 8 heteroatoms. The Hall–Kier alpha value is -1.50. The fourth-order valence-corrected chi connectivity index (χ4v) is 4.11. The normalized spacial score (nSPS) is 21.7. The zero-order chi connectivity index (χ0) is 16.5. The van der Waals surface area contributed by atoms with Crippen molar-refractivity contribution in [2.75, 3.05) is 19.6 Å². The molecule has 0 spiro atoms. The molecule has 0 aliphatic carbocycles. The molecule has 2 aromatic rings. The van der Waals surface area contributed by atoms with Gasteiger partial charge in [-0.3, -0.25) is 0 Å². The van der Waals surface area contributed by atoms with Crippen molar-refractivity contribution in [3.05, 3.63) is 30.1 Å². The molecule has 2 bridgehead atoms. The van der Waals surface area contributed by atoms with Gasteiger partial charge in [-0.1, -0.05) is 12.1 Å². The number of benzene rings is 1. The second-order valence-corrected chi connectivity index (χ2v) is 6.84. The summed E-state index contributed by atoms with van der Waals surface area (Å²) in [6, 6.07) is 8.98. The molecule has 1 aromatic carbocycles. The van der Waals surface area contributed by atoms with E-state index in [1.54, 1.807) is 0 Å². The Bertz CT molecular complexity index is 736. The van der Waals surface area contributed by atoms with Crippen LogP contribution in [0.25, 0.3) is 11.0 Å². The van der Waals surface area contributed by atoms with Gasteiger partial charge in [0.2, 0.25) is 0 Å². The van der Waals surface area contributed by atoms with Crippen molar-refractivity contribution < 1.29 is 4.79 Å². The number of aryl methyl sites for hydroxylation is 1. The first-order valence-corrected chi connectivity index (χ1v) is 8.91. The zero-order valence-corrected chi connectivity index (χ0v) is 16.6. The van der Waals surface area contributed by atoms with Crippen molar-refractivity contribution in [2.45, 2.75) is 37.8 Å². The molecule has 26 heavy (non-hydrogen) atoms. The number of amides is 2. The van der Waals surface area contributed by atoms with E-state index in [2.05, 4.69) is 31.2 Å². The lowest BCUT2D eigenvalue weighted by Crippen LogP contribution is -2.48. The number of nitrogens with one attached hydrogen (secondary N) is 2. The van der Waals surface area contributed by atoms with E-state index in [1.807, 2.05) is 25.2 Å². The van der Waals surface area contributed by atoms with E-state index in [1.165, 1.54) is 0 Å². The molecule has 3 heterocycles. The van der Waals surface area contributed by atoms with Crippen LogP contribution in [-0.2, 0) is 13.5 Å². The molecule has 2 amide bonds. The summed E-state index contributed by atoms with van der Waals surface area (Å²) in [5.41, 5.74) is 2.15. The van der Waals surface area contributed by atoms with E-state index in [-0.39, 0.29) is 30.8 Å². The summed E-state index contributed by atoms with van der Waals surface area (Å²) in [7, 11) is 2.03. The minimum Gasteiger partial charge on any atom is -0.338 e. The SMILES string of the molecule is Cl.Cl.Cn1c(CCNC(=O)N2[C@H]3CCNC[C@@H]2CC3)nc2ccccc21. The number of halogens is 2. The quantitative estimate of drug-likeness (QED) is 0.832. The molecule has 0 radical (unpaired) electrons. The molecule has 0 saturated carbocycles. The summed E-state index contributed by atoms with van der Waals surface area (Å²) in [5.74, 6) is 1.01. The van der Waals surface area contributed by atoms with Crippen LogP contribution in [0.4, 0.5) is 4.79 Å². The molecule has 2 N–H and O–H groups in total. The van der Waals surface area contributed by atoms with Crippen molar-refractivity contribution >= 4 is 41.9 Å². The summed E-state index contributed by atoms with van der Waals surface area (Å²) in [5, 5.41) is 6.54. The van der Waals surface area contributed by atoms with Crippen molar-refractivity contribution in [3.8, 4) is 0 Å². The molecule has 6 nitrogen and oxygen atoms in total. The minimum absolute atomic E-state index is 0. The van der Waals surface area contributed by atoms with Gasteiger partial charge < -0.3 is 20.1 Å². The molecule has 2 aliphatic rings. The summed E-state index contributed by atoms with van der Waals surface area (Å²) in [6.45, 7) is 2.57. The van der Waals surface area contributed by atoms with Crippen molar-refractivity contribution in [3.63, 3.8) is 0 Å². The monoisotopic (exact) mass is 399 g/mol. The van der Waals surface area contributed by atoms with Gasteiger partial charge in [-0.05, 0) is 37.9 Å². The highest BCUT2D eigenvalue weighted by Crippen LogP contribution is 2.27. The van der Waals surface area contributed by atoms with Gasteiger partial charge in [0.1, 0.15) is 5.82 Å². The number of carbonyl (C=O) groups is 1. The number of para-hydroxylation sites is 2. The van der Waals surface area contributed by atoms with E-state index in [0.29, 0.717) is 18.6 Å². The Labute approximate surface area is 166 Å². The van der Waals surface area contributed by atoms with Crippen LogP contribution in [0.5, 0.6) is 0 Å². The first-order chi connectivity index (χ1) is 11.7. The standard InChI is InChI=1S/C18H25N5O.2ClH/c1-22-16-5-3-2-4-15(16)21-17(22)9-11-20-18(24)23-13-6-7-14(23)12-19-10-8-13;;/h2-5,13-14,19H,6-12H2,1H3,(H,20,24);2*1H/t13-,14+;;/m1../s1. The molecular weight excluding hydrogens is 373 g/mol. The maximum Gasteiger partial charge on any atom is 0.317 e. The average molecular weight is 400 g/mol. The maximum absolute atomic E-state index is 12.6. The van der Waals surface area contributed by atoms with Gasteiger partial charge in [-0.25, -0.2) is 9.78 Å². The molecule has 2 saturated heterocycles. The number of hydrogen-bond acceptors (Lipinski definition) is 3. The van der Waals surface area contributed by atoms with Gasteiger partial charge in [0, 0.05) is 38.6 Å². The number of imidazole rings is 1. The highest BCUT2D eigenvalue weighted by Gasteiger charge is 2.37. The Balaban J connectivity index is 0.00000121. The first kappa shape index (κ1) is 20.8. The lowest BCUT2D eigenvalue weighted by molar-refractivity contribution is 0.176. The van der Waals surface area contributed by atoms with E-state index in [4.69, 9.17) is 0 Å². The maximum atomic E-state index is 12.6. The van der Waals surface area contributed by atoms with Gasteiger partial charge in [-0.2, -0.15) is 0 Å². The Morgan fingerprint density at radius 2 is 2.00 bits per heavy atom. The minimum atomic E-state index is 0. The number of fused-ring (bicyclic) bond motifs is 3. The van der Waals surface area contributed by atoms with E-state index < -0.39 is 0 Å². The van der Waals surface area contributed by atoms with Gasteiger partial charge in [-0.15, -0.1) is 24.8 Å². The van der Waals surface area contributed by atoms with Gasteiger partial charge >= 0.3 is 6.03 Å². The fourth-order valence-electron chi connectivity index (χ4n) is 4.11. The Morgan fingerprint density at radius 3 is 2.81 bits per heavy atom. The van der Waals surface area contributed by atoms with Crippen LogP contribution in [-0.4, -0.2) is 52.2 Å². The van der Waals surface area contributed by atoms with E-state index in [0.717, 1.165) is 55.6 Å². The van der Waals surface area contributed by atoms with Crippen molar-refractivity contribution in [1.82, 2.24) is 25.1 Å². The molecule has 144 valence electrons. The molecule has 0 unspecified atom stereocenters. The Morgan fingerprint density at radius 1 is 1.23 bits per heavy atom. The average Bonchev–Trinajstić information content (AvgIpc) is 3.03. The molecule has 1 aromatic heterocycles. The lowest BCUT2D eigenvalue weighted by Gasteiger charge is -2.28. The number of carbonyl (C=O) groups excluding carboxylic acids is 1. The van der Waals surface area contributed by atoms with E-state index >= 15 is 0 Å². The molecule has 2 atom stereocenters. The second kappa shape index (κ2) is 8.93. The number of nitrogens with zero attached hydrogens (tertiary/aromatic N) is 3. The van der Waals surface area contributed by atoms with Crippen molar-refractivity contribution in [2.24, 2.45) is 7.05 Å². The topological polar surface area (TPSA) is 62.2 Å². The van der Waals surface area contributed by atoms with Crippen LogP contribution in [0.2, 0.25) is 0 Å². The lowest BCUT2D eigenvalue weighted by atomic mass is 10.1. The van der Waals surface area contributed by atoms with E-state index in [9.17, 15) is 4.79 Å². The van der Waals surface area contributed by atoms with Crippen LogP contribution in [0.1, 0.15) is 25.1 Å². The smallest absolute Gasteiger partial charge is 0.317 e. The highest BCUT2D eigenvalue weighted by atomic mass is 35.5. The van der Waals surface area contributed by atoms with Crippen LogP contribution in [0.3, 0.4) is 0 Å². The molecular formula is C18H27Cl2N5O. The van der Waals surface area contributed by atoms with Gasteiger partial charge in [0.15, 0.2) is 0 Å². The van der Waals surface area contributed by atoms with Crippen LogP contribution < -0.4 is 10.6 Å². The number of aromatic nitrogens is 2. The van der Waals surface area contributed by atoms with Crippen LogP contribution in [0.15, 0.2) is 24.3 Å². The summed E-state index contributed by atoms with van der Waals surface area (Å²) < 4.78 is 2.11. The predicted molar refractivity (Wildman–Crippen MR) is 108 cm³/mol. The van der Waals surface area contributed by atoms with Crippen LogP contribution >= 0.6 is 24.8 Å². The number of hydrogen-bond donors (Lipinski definition) is 2. The third-order valence-electron chi connectivity index (χ3n) is 5.39. The summed E-state index contributed by atoms with van der Waals surface area (Å²) >= 11 is 0. The summed E-state index contributed by atoms with van der Waals surface area (Å²) in [6.07, 6.45) is 4.08. The number of urea groups is 1. The molecule has 2 fully saturated rings. The fraction of sp³-hybridized carbons (Fsp3) is 0.556. The third-order valence-corrected chi connectivity index (χ3v) is 5.39. The van der Waals surface area contributed by atoms with Crippen molar-refractivity contribution in [1.29, 1.82) is 0 Å². The van der Waals surface area contributed by atoms with Gasteiger partial charge in [0.05, 0.1) is 11.0 Å². The Kier molecular flexibility index (Phi) is 7.15.